The summed E-state index contributed by atoms with van der Waals surface area (Å²) >= 11 is 0. The van der Waals surface area contributed by atoms with Gasteiger partial charge in [-0.25, -0.2) is 0 Å². The van der Waals surface area contributed by atoms with Gasteiger partial charge in [0.1, 0.15) is 30.2 Å². The van der Waals surface area contributed by atoms with Gasteiger partial charge in [0.05, 0.1) is 26.2 Å². The second-order valence-electron chi connectivity index (χ2n) is 17.8. The Kier molecular flexibility index (Phi) is 31.1. The van der Waals surface area contributed by atoms with Crippen molar-refractivity contribution in [1.29, 1.82) is 0 Å². The lowest BCUT2D eigenvalue weighted by molar-refractivity contribution is -0.140. The number of carbonyl (C=O) groups excluding carboxylic acids is 7. The Morgan fingerprint density at radius 1 is 0.382 bits per heavy atom. The van der Waals surface area contributed by atoms with E-state index >= 15 is 0 Å². The third kappa shape index (κ3) is 30.6. The number of amides is 7. The number of carbonyl (C=O) groups is 14. The van der Waals surface area contributed by atoms with Gasteiger partial charge in [0.25, 0.3) is 0 Å². The first-order chi connectivity index (χ1) is 35.6. The molecule has 0 aliphatic carbocycles. The lowest BCUT2D eigenvalue weighted by atomic mass is 10.0. The minimum atomic E-state index is -1.84. The SMILES string of the molecule is CC(=O)N[C@@H](CCC(=O)O)C(=O)N[C@@H](CCC(=O)O)C(=O)N[C@@H](CCC(=O)O)C(=O)N[C@@H](CCC(=O)O)C(=O)N[C@@H](CCCCNC(=O)CN1CCN(CC(=O)O)CCN(CC(=O)O)CCN(CC(=O)O)CC1)C(N)=O. The lowest BCUT2D eigenvalue weighted by Gasteiger charge is -2.32. The van der Waals surface area contributed by atoms with E-state index in [2.05, 4.69) is 31.9 Å². The standard InChI is InChI=1S/C44H71N11O21/c1-26(56)47-28(5-9-33(58)59)41(73)49-30(7-11-35(62)63)43(75)51-31(8-12-36(64)65)44(76)50-29(6-10-34(60)61)42(74)48-27(40(45)72)4-2-3-13-46-32(57)22-52-14-16-53(23-37(66)67)18-20-55(25-39(70)71)21-19-54(17-15-52)24-38(68)69/h27-31H,2-25H2,1H3,(H2,45,72)(H,46,57)(H,47,56)(H,48,74)(H,49,73)(H,50,76)(H,51,75)(H,58,59)(H,60,61)(H,62,63)(H,64,65)(H,66,67)(H,68,69)(H,70,71)/t27-,28-,29-,30-,31-/m0/s1. The molecule has 1 aliphatic rings. The molecule has 1 saturated heterocycles. The molecular weight excluding hydrogens is 1020 g/mol. The van der Waals surface area contributed by atoms with Crippen molar-refractivity contribution in [3.05, 3.63) is 0 Å². The van der Waals surface area contributed by atoms with Crippen LogP contribution in [0.2, 0.25) is 0 Å². The number of carboxylic acids is 7. The molecule has 428 valence electrons. The van der Waals surface area contributed by atoms with Crippen molar-refractivity contribution in [3.8, 4) is 0 Å². The fraction of sp³-hybridized carbons (Fsp3) is 0.682. The summed E-state index contributed by atoms with van der Waals surface area (Å²) in [6.07, 6.45) is -5.00. The molecule has 5 atom stereocenters. The largest absolute Gasteiger partial charge is 0.481 e. The number of nitrogens with one attached hydrogen (secondary N) is 6. The Bertz CT molecular complexity index is 2030. The Morgan fingerprint density at radius 2 is 0.658 bits per heavy atom. The summed E-state index contributed by atoms with van der Waals surface area (Å²) in [7, 11) is 0. The Labute approximate surface area is 435 Å². The van der Waals surface area contributed by atoms with E-state index in [0.717, 1.165) is 6.92 Å². The number of rotatable bonds is 35. The molecule has 0 aromatic carbocycles. The molecule has 0 radical (unpaired) electrons. The first kappa shape index (κ1) is 66.4. The van der Waals surface area contributed by atoms with Gasteiger partial charge in [-0.1, -0.05) is 0 Å². The second kappa shape index (κ2) is 35.6. The predicted molar refractivity (Wildman–Crippen MR) is 258 cm³/mol. The summed E-state index contributed by atoms with van der Waals surface area (Å²) in [5.41, 5.74) is 5.56. The minimum absolute atomic E-state index is 0.0456. The van der Waals surface area contributed by atoms with Gasteiger partial charge < -0.3 is 73.4 Å². The highest BCUT2D eigenvalue weighted by atomic mass is 16.4. The number of unbranched alkanes of at least 4 members (excludes halogenated alkanes) is 1. The van der Waals surface area contributed by atoms with Gasteiger partial charge in [-0.05, 0) is 44.9 Å². The van der Waals surface area contributed by atoms with Crippen LogP contribution < -0.4 is 37.6 Å². The minimum Gasteiger partial charge on any atom is -0.481 e. The first-order valence-corrected chi connectivity index (χ1v) is 24.1. The molecule has 7 amide bonds. The third-order valence-corrected chi connectivity index (χ3v) is 11.5. The summed E-state index contributed by atoms with van der Waals surface area (Å²) < 4.78 is 0. The smallest absolute Gasteiger partial charge is 0.317 e. The number of hydrogen-bond donors (Lipinski definition) is 14. The number of carboxylic acid groups (broad SMARTS) is 7. The quantitative estimate of drug-likeness (QED) is 0.0263. The van der Waals surface area contributed by atoms with Crippen molar-refractivity contribution in [3.63, 3.8) is 0 Å². The second-order valence-corrected chi connectivity index (χ2v) is 17.8. The molecule has 1 aliphatic heterocycles. The molecule has 1 heterocycles. The highest BCUT2D eigenvalue weighted by Crippen LogP contribution is 2.10. The summed E-state index contributed by atoms with van der Waals surface area (Å²) in [4.78, 5) is 178. The number of hydrogen-bond acceptors (Lipinski definition) is 18. The summed E-state index contributed by atoms with van der Waals surface area (Å²) in [5.74, 6) is -16.0. The van der Waals surface area contributed by atoms with E-state index in [-0.39, 0.29) is 104 Å². The first-order valence-electron chi connectivity index (χ1n) is 24.1. The molecule has 0 aromatic rings. The van der Waals surface area contributed by atoms with E-state index in [1.807, 2.05) is 0 Å². The van der Waals surface area contributed by atoms with Crippen LogP contribution >= 0.6 is 0 Å². The molecule has 0 saturated carbocycles. The fourth-order valence-corrected chi connectivity index (χ4v) is 7.51. The Morgan fingerprint density at radius 3 is 0.921 bits per heavy atom. The third-order valence-electron chi connectivity index (χ3n) is 11.5. The lowest BCUT2D eigenvalue weighted by Crippen LogP contribution is -2.59. The molecule has 1 rings (SSSR count). The normalized spacial score (nSPS) is 16.0. The molecule has 0 spiro atoms. The Balaban J connectivity index is 3.13. The van der Waals surface area contributed by atoms with Crippen molar-refractivity contribution in [2.45, 2.75) is 108 Å². The fourth-order valence-electron chi connectivity index (χ4n) is 7.51. The predicted octanol–water partition coefficient (Wildman–Crippen LogP) is -5.86. The average Bonchev–Trinajstić information content (AvgIpc) is 3.30. The maximum absolute atomic E-state index is 13.7. The summed E-state index contributed by atoms with van der Waals surface area (Å²) in [5, 5.41) is 79.4. The monoisotopic (exact) mass is 1090 g/mol. The van der Waals surface area contributed by atoms with Gasteiger partial charge in [0, 0.05) is 91.5 Å². The van der Waals surface area contributed by atoms with Gasteiger partial charge in [-0.2, -0.15) is 0 Å². The van der Waals surface area contributed by atoms with Crippen LogP contribution in [0.1, 0.15) is 77.6 Å². The Hall–Kier alpha value is -7.58. The van der Waals surface area contributed by atoms with Crippen LogP contribution in [0.3, 0.4) is 0 Å². The molecule has 76 heavy (non-hydrogen) atoms. The zero-order chi connectivity index (χ0) is 57.5. The van der Waals surface area contributed by atoms with E-state index in [4.69, 9.17) is 10.8 Å². The van der Waals surface area contributed by atoms with Gasteiger partial charge in [-0.3, -0.25) is 86.7 Å². The van der Waals surface area contributed by atoms with Crippen molar-refractivity contribution in [1.82, 2.24) is 51.5 Å². The highest BCUT2D eigenvalue weighted by Gasteiger charge is 2.33. The van der Waals surface area contributed by atoms with E-state index in [1.165, 1.54) is 0 Å². The van der Waals surface area contributed by atoms with Crippen molar-refractivity contribution < 1.29 is 103 Å². The molecule has 15 N–H and O–H groups in total. The molecule has 32 nitrogen and oxygen atoms in total. The molecule has 0 unspecified atom stereocenters. The zero-order valence-corrected chi connectivity index (χ0v) is 42.1. The van der Waals surface area contributed by atoms with Crippen LogP contribution in [0.5, 0.6) is 0 Å². The van der Waals surface area contributed by atoms with E-state index in [0.29, 0.717) is 0 Å². The van der Waals surface area contributed by atoms with E-state index < -0.39 is 165 Å². The van der Waals surface area contributed by atoms with Crippen LogP contribution in [0.15, 0.2) is 0 Å². The van der Waals surface area contributed by atoms with Crippen LogP contribution in [0, 0.1) is 0 Å². The van der Waals surface area contributed by atoms with Crippen molar-refractivity contribution >= 4 is 83.1 Å². The molecule has 0 aromatic heterocycles. The van der Waals surface area contributed by atoms with Gasteiger partial charge in [-0.15, -0.1) is 0 Å². The van der Waals surface area contributed by atoms with Gasteiger partial charge in [0.2, 0.25) is 41.4 Å². The van der Waals surface area contributed by atoms with Crippen LogP contribution in [0.25, 0.3) is 0 Å². The van der Waals surface area contributed by atoms with Crippen molar-refractivity contribution in [2.24, 2.45) is 5.73 Å². The molecular formula is C44H71N11O21. The summed E-state index contributed by atoms with van der Waals surface area (Å²) in [6, 6.07) is -8.30. The molecule has 0 bridgehead atoms. The van der Waals surface area contributed by atoms with E-state index in [1.54, 1.807) is 19.6 Å². The van der Waals surface area contributed by atoms with Gasteiger partial charge in [0.15, 0.2) is 0 Å². The zero-order valence-electron chi connectivity index (χ0n) is 42.1. The maximum atomic E-state index is 13.7. The molecule has 1 fully saturated rings. The topological polar surface area (TPSA) is 492 Å². The number of aliphatic carboxylic acids is 7. The average molecular weight is 1090 g/mol. The van der Waals surface area contributed by atoms with E-state index in [9.17, 15) is 97.8 Å². The number of nitrogens with two attached hydrogens (primary N) is 1. The van der Waals surface area contributed by atoms with Crippen LogP contribution in [-0.4, -0.2) is 254 Å². The number of nitrogens with zero attached hydrogens (tertiary/aromatic N) is 4. The van der Waals surface area contributed by atoms with Crippen molar-refractivity contribution in [2.75, 3.05) is 85.1 Å². The van der Waals surface area contributed by atoms with Gasteiger partial charge >= 0.3 is 41.8 Å². The van der Waals surface area contributed by atoms with Crippen LogP contribution in [-0.2, 0) is 67.1 Å². The molecule has 32 heteroatoms. The summed E-state index contributed by atoms with van der Waals surface area (Å²) in [6.45, 7) is 1.23. The van der Waals surface area contributed by atoms with Crippen LogP contribution in [0.4, 0.5) is 0 Å². The number of primary amides is 1. The maximum Gasteiger partial charge on any atom is 0.317 e. The highest BCUT2D eigenvalue weighted by molar-refractivity contribution is 5.96.